The van der Waals surface area contributed by atoms with Gasteiger partial charge in [-0.3, -0.25) is 29.3 Å². The maximum absolute atomic E-state index is 13.6. The number of amides is 4. The number of aryl methyl sites for hydroxylation is 1. The number of Topliss-reactive ketones (excluding diaryl/α,β-unsaturated/α-hetero) is 1. The summed E-state index contributed by atoms with van der Waals surface area (Å²) in [7, 11) is -3.77. The molecule has 16 heteroatoms. The first-order valence-electron chi connectivity index (χ1n) is 17.4. The average molecular weight is 749 g/mol. The third kappa shape index (κ3) is 10.2. The number of carbonyl (C=O) groups excluding carboxylic acids is 5. The molecule has 1 aromatic heterocycles. The van der Waals surface area contributed by atoms with Crippen LogP contribution >= 0.6 is 0 Å². The van der Waals surface area contributed by atoms with Crippen molar-refractivity contribution in [2.24, 2.45) is 5.92 Å². The Labute approximate surface area is 307 Å². The summed E-state index contributed by atoms with van der Waals surface area (Å²) in [6, 6.07) is 16.9. The summed E-state index contributed by atoms with van der Waals surface area (Å²) in [4.78, 5) is 81.6. The lowest BCUT2D eigenvalue weighted by molar-refractivity contribution is -0.147. The SMILES string of the molecule is CC(C)(C)OC(=O)Nc1ccc(-c2cccc(CCC(=O)N[C@@H](C[C@@H]3CCNC3=O)C(=O)C(=O)N3CCN(S(=O)(=O)c4ccccc4)CC3)c2)[nH]c1=O. The van der Waals surface area contributed by atoms with E-state index in [9.17, 15) is 37.2 Å². The van der Waals surface area contributed by atoms with Crippen molar-refractivity contribution in [1.82, 2.24) is 24.8 Å². The van der Waals surface area contributed by atoms with Crippen molar-refractivity contribution in [3.8, 4) is 11.3 Å². The van der Waals surface area contributed by atoms with Gasteiger partial charge in [-0.25, -0.2) is 13.2 Å². The van der Waals surface area contributed by atoms with E-state index in [1.54, 1.807) is 69.3 Å². The van der Waals surface area contributed by atoms with Crippen LogP contribution in [0.2, 0.25) is 0 Å². The van der Waals surface area contributed by atoms with E-state index in [4.69, 9.17) is 4.74 Å². The zero-order valence-corrected chi connectivity index (χ0v) is 30.7. The molecular weight excluding hydrogens is 705 g/mol. The lowest BCUT2D eigenvalue weighted by Crippen LogP contribution is -2.55. The van der Waals surface area contributed by atoms with Crippen LogP contribution < -0.4 is 21.5 Å². The Hall–Kier alpha value is -5.35. The van der Waals surface area contributed by atoms with Gasteiger partial charge in [-0.15, -0.1) is 0 Å². The van der Waals surface area contributed by atoms with Crippen LogP contribution in [0.15, 0.2) is 76.4 Å². The molecule has 0 spiro atoms. The standard InChI is InChI=1S/C37H44N6O9S/c1-37(2,3)52-36(49)41-29-14-13-28(40-34(29)47)25-9-7-8-24(22-25)12-15-31(44)39-30(23-26-16-17-38-33(26)46)32(45)35(48)42-18-20-43(21-19-42)53(50,51)27-10-5-4-6-11-27/h4-11,13-14,22,26,30H,12,15-21,23H2,1-3H3,(H,38,46)(H,39,44)(H,40,47)(H,41,49)/t26-,30-/m0/s1. The third-order valence-electron chi connectivity index (χ3n) is 8.88. The molecule has 15 nitrogen and oxygen atoms in total. The van der Waals surface area contributed by atoms with Crippen LogP contribution in [0.4, 0.5) is 10.5 Å². The largest absolute Gasteiger partial charge is 0.444 e. The Morgan fingerprint density at radius 1 is 0.943 bits per heavy atom. The molecule has 4 N–H and O–H groups in total. The van der Waals surface area contributed by atoms with Gasteiger partial charge in [-0.2, -0.15) is 4.31 Å². The molecule has 2 saturated heterocycles. The Balaban J connectivity index is 1.20. The second kappa shape index (κ2) is 16.5. The first-order valence-corrected chi connectivity index (χ1v) is 18.8. The summed E-state index contributed by atoms with van der Waals surface area (Å²) < 4.78 is 32.5. The van der Waals surface area contributed by atoms with Gasteiger partial charge in [0.25, 0.3) is 11.5 Å². The van der Waals surface area contributed by atoms with Gasteiger partial charge in [0, 0.05) is 50.8 Å². The van der Waals surface area contributed by atoms with Crippen LogP contribution in [0.5, 0.6) is 0 Å². The number of H-pyrrole nitrogens is 1. The van der Waals surface area contributed by atoms with Crippen LogP contribution in [0, 0.1) is 5.92 Å². The van der Waals surface area contributed by atoms with E-state index in [0.717, 1.165) is 5.56 Å². The van der Waals surface area contributed by atoms with Crippen LogP contribution in [0.3, 0.4) is 0 Å². The number of benzene rings is 2. The quantitative estimate of drug-likeness (QED) is 0.201. The number of ether oxygens (including phenoxy) is 1. The number of hydrogen-bond donors (Lipinski definition) is 4. The molecular formula is C37H44N6O9S. The number of anilines is 1. The van der Waals surface area contributed by atoms with Gasteiger partial charge in [0.1, 0.15) is 11.3 Å². The fourth-order valence-corrected chi connectivity index (χ4v) is 7.58. The summed E-state index contributed by atoms with van der Waals surface area (Å²) in [5.41, 5.74) is 0.653. The molecule has 2 aliphatic rings. The van der Waals surface area contributed by atoms with E-state index in [0.29, 0.717) is 24.2 Å². The Morgan fingerprint density at radius 3 is 2.30 bits per heavy atom. The lowest BCUT2D eigenvalue weighted by Gasteiger charge is -2.34. The fraction of sp³-hybridized carbons (Fsp3) is 0.405. The predicted octanol–water partition coefficient (Wildman–Crippen LogP) is 2.43. The van der Waals surface area contributed by atoms with E-state index in [1.807, 2.05) is 0 Å². The number of ketones is 1. The molecule has 53 heavy (non-hydrogen) atoms. The van der Waals surface area contributed by atoms with Crippen molar-refractivity contribution in [3.05, 3.63) is 82.6 Å². The molecule has 0 bridgehead atoms. The van der Waals surface area contributed by atoms with E-state index >= 15 is 0 Å². The number of pyridine rings is 1. The van der Waals surface area contributed by atoms with Crippen molar-refractivity contribution in [2.45, 2.75) is 63.0 Å². The van der Waals surface area contributed by atoms with Crippen LogP contribution in [-0.4, -0.2) is 96.6 Å². The molecule has 0 unspecified atom stereocenters. The second-order valence-electron chi connectivity index (χ2n) is 13.9. The number of nitrogens with zero attached hydrogens (tertiary/aromatic N) is 2. The van der Waals surface area contributed by atoms with Gasteiger partial charge in [0.15, 0.2) is 0 Å². The van der Waals surface area contributed by atoms with Crippen LogP contribution in [-0.2, 0) is 40.4 Å². The van der Waals surface area contributed by atoms with Crippen LogP contribution in [0.1, 0.15) is 45.6 Å². The second-order valence-corrected chi connectivity index (χ2v) is 15.9. The van der Waals surface area contributed by atoms with E-state index in [2.05, 4.69) is 20.9 Å². The highest BCUT2D eigenvalue weighted by atomic mass is 32.2. The number of rotatable bonds is 12. The summed E-state index contributed by atoms with van der Waals surface area (Å²) in [5.74, 6) is -3.03. The summed E-state index contributed by atoms with van der Waals surface area (Å²) in [5, 5.41) is 7.83. The molecule has 2 atom stereocenters. The molecule has 3 aromatic rings. The van der Waals surface area contributed by atoms with E-state index in [1.165, 1.54) is 27.4 Å². The Bertz CT molecular complexity index is 2020. The minimum atomic E-state index is -3.77. The maximum atomic E-state index is 13.6. The molecule has 4 amide bonds. The van der Waals surface area contributed by atoms with Crippen molar-refractivity contribution in [2.75, 3.05) is 38.0 Å². The number of nitrogens with one attached hydrogen (secondary N) is 4. The Kier molecular flexibility index (Phi) is 12.1. The molecule has 2 fully saturated rings. The van der Waals surface area contributed by atoms with Gasteiger partial charge in [-0.05, 0) is 81.5 Å². The van der Waals surface area contributed by atoms with Crippen molar-refractivity contribution in [1.29, 1.82) is 0 Å². The van der Waals surface area contributed by atoms with Gasteiger partial charge >= 0.3 is 6.09 Å². The third-order valence-corrected chi connectivity index (χ3v) is 10.8. The molecule has 0 aliphatic carbocycles. The first kappa shape index (κ1) is 38.9. The van der Waals surface area contributed by atoms with Gasteiger partial charge < -0.3 is 25.3 Å². The number of hydrogen-bond acceptors (Lipinski definition) is 9. The summed E-state index contributed by atoms with van der Waals surface area (Å²) in [6.45, 7) is 5.54. The van der Waals surface area contributed by atoms with Crippen molar-refractivity contribution in [3.63, 3.8) is 0 Å². The monoisotopic (exact) mass is 748 g/mol. The maximum Gasteiger partial charge on any atom is 0.412 e. The molecule has 282 valence electrons. The minimum Gasteiger partial charge on any atom is -0.444 e. The average Bonchev–Trinajstić information content (AvgIpc) is 3.54. The van der Waals surface area contributed by atoms with E-state index in [-0.39, 0.29) is 61.9 Å². The smallest absolute Gasteiger partial charge is 0.412 e. The molecule has 0 radical (unpaired) electrons. The molecule has 2 aromatic carbocycles. The highest BCUT2D eigenvalue weighted by Gasteiger charge is 2.38. The highest BCUT2D eigenvalue weighted by Crippen LogP contribution is 2.22. The van der Waals surface area contributed by atoms with Gasteiger partial charge in [-0.1, -0.05) is 36.4 Å². The summed E-state index contributed by atoms with van der Waals surface area (Å²) >= 11 is 0. The molecule has 0 saturated carbocycles. The molecule has 2 aliphatic heterocycles. The van der Waals surface area contributed by atoms with Crippen molar-refractivity contribution < 1.29 is 37.1 Å². The van der Waals surface area contributed by atoms with Gasteiger partial charge in [0.2, 0.25) is 27.6 Å². The zero-order chi connectivity index (χ0) is 38.3. The molecule has 3 heterocycles. The number of carbonyl (C=O) groups is 5. The van der Waals surface area contributed by atoms with Crippen LogP contribution in [0.25, 0.3) is 11.3 Å². The minimum absolute atomic E-state index is 0.00161. The zero-order valence-electron chi connectivity index (χ0n) is 29.8. The van der Waals surface area contributed by atoms with Gasteiger partial charge in [0.05, 0.1) is 10.9 Å². The lowest BCUT2D eigenvalue weighted by atomic mass is 9.94. The number of aromatic amines is 1. The Morgan fingerprint density at radius 2 is 1.66 bits per heavy atom. The number of piperazine rings is 1. The molecule has 5 rings (SSSR count). The predicted molar refractivity (Wildman–Crippen MR) is 195 cm³/mol. The number of aromatic nitrogens is 1. The summed E-state index contributed by atoms with van der Waals surface area (Å²) in [6.07, 6.45) is -0.129. The fourth-order valence-electron chi connectivity index (χ4n) is 6.14. The topological polar surface area (TPSA) is 204 Å². The highest BCUT2D eigenvalue weighted by molar-refractivity contribution is 7.89. The number of sulfonamides is 1. The van der Waals surface area contributed by atoms with E-state index < -0.39 is 56.8 Å². The van der Waals surface area contributed by atoms with Crippen molar-refractivity contribution >= 4 is 45.3 Å². The normalized spacial score (nSPS) is 17.1. The first-order chi connectivity index (χ1) is 25.1.